The number of benzene rings is 1. The van der Waals surface area contributed by atoms with Crippen LogP contribution in [0.25, 0.3) is 0 Å². The van der Waals surface area contributed by atoms with Crippen LogP contribution in [0, 0.1) is 6.92 Å². The topological polar surface area (TPSA) is 55.5 Å². The van der Waals surface area contributed by atoms with Crippen LogP contribution in [-0.2, 0) is 7.05 Å². The SMILES string of the molecule is Cc1cccnc1Oc1ccc2c(c1)C=NCN2c1ccn(C)n1. The molecule has 6 heteroatoms. The van der Waals surface area contributed by atoms with Gasteiger partial charge in [-0.25, -0.2) is 4.98 Å². The molecule has 4 rings (SSSR count). The van der Waals surface area contributed by atoms with Gasteiger partial charge in [0, 0.05) is 42.8 Å². The summed E-state index contributed by atoms with van der Waals surface area (Å²) in [6.45, 7) is 2.54. The Labute approximate surface area is 140 Å². The van der Waals surface area contributed by atoms with E-state index in [9.17, 15) is 0 Å². The van der Waals surface area contributed by atoms with E-state index in [1.165, 1.54) is 0 Å². The highest BCUT2D eigenvalue weighted by molar-refractivity contribution is 5.92. The first-order chi connectivity index (χ1) is 11.7. The fraction of sp³-hybridized carbons (Fsp3) is 0.167. The van der Waals surface area contributed by atoms with Crippen molar-refractivity contribution in [1.29, 1.82) is 0 Å². The second-order valence-corrected chi connectivity index (χ2v) is 5.68. The molecule has 3 heterocycles. The molecule has 0 spiro atoms. The van der Waals surface area contributed by atoms with Crippen LogP contribution in [0.2, 0.25) is 0 Å². The summed E-state index contributed by atoms with van der Waals surface area (Å²) < 4.78 is 7.70. The van der Waals surface area contributed by atoms with E-state index in [0.717, 1.165) is 28.4 Å². The molecule has 0 aliphatic carbocycles. The summed E-state index contributed by atoms with van der Waals surface area (Å²) in [6, 6.07) is 11.8. The molecule has 1 aliphatic heterocycles. The number of pyridine rings is 1. The maximum Gasteiger partial charge on any atom is 0.222 e. The molecular formula is C18H17N5O. The Bertz CT molecular complexity index is 915. The predicted molar refractivity (Wildman–Crippen MR) is 93.3 cm³/mol. The van der Waals surface area contributed by atoms with Crippen molar-refractivity contribution in [3.05, 3.63) is 59.9 Å². The summed E-state index contributed by atoms with van der Waals surface area (Å²) in [6.07, 6.45) is 5.52. The van der Waals surface area contributed by atoms with E-state index in [4.69, 9.17) is 4.74 Å². The molecule has 120 valence electrons. The summed E-state index contributed by atoms with van der Waals surface area (Å²) in [4.78, 5) is 10.8. The van der Waals surface area contributed by atoms with Crippen LogP contribution >= 0.6 is 0 Å². The molecule has 6 nitrogen and oxygen atoms in total. The molecular weight excluding hydrogens is 302 g/mol. The number of ether oxygens (including phenoxy) is 1. The van der Waals surface area contributed by atoms with Gasteiger partial charge in [0.2, 0.25) is 5.88 Å². The molecule has 0 N–H and O–H groups in total. The third-order valence-corrected chi connectivity index (χ3v) is 3.90. The van der Waals surface area contributed by atoms with Crippen LogP contribution in [-0.4, -0.2) is 27.6 Å². The zero-order chi connectivity index (χ0) is 16.5. The monoisotopic (exact) mass is 319 g/mol. The summed E-state index contributed by atoms with van der Waals surface area (Å²) in [5.41, 5.74) is 3.06. The van der Waals surface area contributed by atoms with Gasteiger partial charge in [-0.15, -0.1) is 0 Å². The van der Waals surface area contributed by atoms with Gasteiger partial charge in [0.15, 0.2) is 5.82 Å². The van der Waals surface area contributed by atoms with E-state index in [1.807, 2.05) is 62.8 Å². The van der Waals surface area contributed by atoms with E-state index in [-0.39, 0.29) is 0 Å². The normalized spacial score (nSPS) is 13.0. The van der Waals surface area contributed by atoms with Crippen LogP contribution in [0.4, 0.5) is 11.5 Å². The van der Waals surface area contributed by atoms with Crippen molar-refractivity contribution in [3.8, 4) is 11.6 Å². The predicted octanol–water partition coefficient (Wildman–Crippen LogP) is 3.44. The first kappa shape index (κ1) is 14.4. The first-order valence-electron chi connectivity index (χ1n) is 7.71. The standard InChI is InChI=1S/C18H17N5O/c1-13-4-3-8-20-18(13)24-15-5-6-16-14(10-15)11-19-12-23(16)17-7-9-22(2)21-17/h3-11H,12H2,1-2H3. The molecule has 0 unspecified atom stereocenters. The van der Waals surface area contributed by atoms with Crippen molar-refractivity contribution >= 4 is 17.7 Å². The Morgan fingerprint density at radius 2 is 2.08 bits per heavy atom. The van der Waals surface area contributed by atoms with Gasteiger partial charge >= 0.3 is 0 Å². The van der Waals surface area contributed by atoms with Crippen LogP contribution in [0.15, 0.2) is 53.8 Å². The van der Waals surface area contributed by atoms with Crippen molar-refractivity contribution in [2.45, 2.75) is 6.92 Å². The van der Waals surface area contributed by atoms with E-state index < -0.39 is 0 Å². The van der Waals surface area contributed by atoms with Crippen LogP contribution in [0.1, 0.15) is 11.1 Å². The van der Waals surface area contributed by atoms with Gasteiger partial charge in [-0.05, 0) is 31.2 Å². The number of fused-ring (bicyclic) bond motifs is 1. The molecule has 0 amide bonds. The Balaban J connectivity index is 1.66. The molecule has 24 heavy (non-hydrogen) atoms. The lowest BCUT2D eigenvalue weighted by Gasteiger charge is -2.25. The molecule has 3 aromatic rings. The summed E-state index contributed by atoms with van der Waals surface area (Å²) >= 11 is 0. The molecule has 1 aromatic carbocycles. The molecule has 0 saturated heterocycles. The first-order valence-corrected chi connectivity index (χ1v) is 7.71. The van der Waals surface area contributed by atoms with Crippen molar-refractivity contribution in [3.63, 3.8) is 0 Å². The summed E-state index contributed by atoms with van der Waals surface area (Å²) in [7, 11) is 1.91. The molecule has 0 saturated carbocycles. The highest BCUT2D eigenvalue weighted by atomic mass is 16.5. The van der Waals surface area contributed by atoms with Gasteiger partial charge in [0.1, 0.15) is 12.4 Å². The van der Waals surface area contributed by atoms with Gasteiger partial charge in [0.05, 0.1) is 5.69 Å². The largest absolute Gasteiger partial charge is 0.439 e. The van der Waals surface area contributed by atoms with Crippen LogP contribution in [0.3, 0.4) is 0 Å². The lowest BCUT2D eigenvalue weighted by molar-refractivity contribution is 0.459. The molecule has 2 aromatic heterocycles. The molecule has 1 aliphatic rings. The van der Waals surface area contributed by atoms with Crippen LogP contribution in [0.5, 0.6) is 11.6 Å². The Morgan fingerprint density at radius 1 is 1.17 bits per heavy atom. The zero-order valence-electron chi connectivity index (χ0n) is 13.5. The second-order valence-electron chi connectivity index (χ2n) is 5.68. The number of aliphatic imine (C=N–C) groups is 1. The van der Waals surface area contributed by atoms with E-state index in [2.05, 4.69) is 20.0 Å². The van der Waals surface area contributed by atoms with Crippen molar-refractivity contribution < 1.29 is 4.74 Å². The highest BCUT2D eigenvalue weighted by Crippen LogP contribution is 2.33. The minimum absolute atomic E-state index is 0.559. The number of nitrogens with zero attached hydrogens (tertiary/aromatic N) is 5. The van der Waals surface area contributed by atoms with Crippen LogP contribution < -0.4 is 9.64 Å². The van der Waals surface area contributed by atoms with Crippen molar-refractivity contribution in [2.24, 2.45) is 12.0 Å². The Hall–Kier alpha value is -3.15. The van der Waals surface area contributed by atoms with E-state index >= 15 is 0 Å². The lowest BCUT2D eigenvalue weighted by Crippen LogP contribution is -2.22. The quantitative estimate of drug-likeness (QED) is 0.742. The number of aromatic nitrogens is 3. The smallest absolute Gasteiger partial charge is 0.222 e. The number of hydrogen-bond acceptors (Lipinski definition) is 5. The number of rotatable bonds is 3. The fourth-order valence-electron chi connectivity index (χ4n) is 2.67. The molecule has 0 radical (unpaired) electrons. The maximum atomic E-state index is 5.91. The van der Waals surface area contributed by atoms with Gasteiger partial charge in [-0.3, -0.25) is 9.67 Å². The summed E-state index contributed by atoms with van der Waals surface area (Å²) in [5.74, 6) is 2.24. The minimum Gasteiger partial charge on any atom is -0.439 e. The van der Waals surface area contributed by atoms with Gasteiger partial charge in [0.25, 0.3) is 0 Å². The Morgan fingerprint density at radius 3 is 2.88 bits per heavy atom. The Kier molecular flexibility index (Phi) is 3.49. The van der Waals surface area contributed by atoms with Gasteiger partial charge in [-0.2, -0.15) is 5.10 Å². The fourth-order valence-corrected chi connectivity index (χ4v) is 2.67. The van der Waals surface area contributed by atoms with E-state index in [0.29, 0.717) is 12.5 Å². The lowest BCUT2D eigenvalue weighted by atomic mass is 10.1. The maximum absolute atomic E-state index is 5.91. The average Bonchev–Trinajstić information content (AvgIpc) is 3.02. The third kappa shape index (κ3) is 2.62. The second kappa shape index (κ2) is 5.81. The van der Waals surface area contributed by atoms with E-state index in [1.54, 1.807) is 10.9 Å². The molecule has 0 atom stereocenters. The number of anilines is 2. The average molecular weight is 319 g/mol. The van der Waals surface area contributed by atoms with Crippen molar-refractivity contribution in [2.75, 3.05) is 11.6 Å². The van der Waals surface area contributed by atoms with Crippen molar-refractivity contribution in [1.82, 2.24) is 14.8 Å². The zero-order valence-corrected chi connectivity index (χ0v) is 13.5. The van der Waals surface area contributed by atoms with Gasteiger partial charge < -0.3 is 9.64 Å². The van der Waals surface area contributed by atoms with Gasteiger partial charge in [-0.1, -0.05) is 6.07 Å². The number of aryl methyl sites for hydroxylation is 2. The summed E-state index contributed by atoms with van der Waals surface area (Å²) in [5, 5.41) is 4.46. The minimum atomic E-state index is 0.559. The molecule has 0 fully saturated rings. The number of hydrogen-bond donors (Lipinski definition) is 0. The highest BCUT2D eigenvalue weighted by Gasteiger charge is 2.18. The third-order valence-electron chi connectivity index (χ3n) is 3.90. The molecule has 0 bridgehead atoms.